The maximum absolute atomic E-state index is 12.9. The fraction of sp³-hybridized carbons (Fsp3) is 0.357. The second-order valence-electron chi connectivity index (χ2n) is 9.48. The van der Waals surface area contributed by atoms with Gasteiger partial charge in [0.25, 0.3) is 10.1 Å². The van der Waals surface area contributed by atoms with Crippen molar-refractivity contribution < 1.29 is 41.2 Å². The summed E-state index contributed by atoms with van der Waals surface area (Å²) in [5.41, 5.74) is 0.867. The monoisotopic (exact) mass is 586 g/mol. The molecule has 0 atom stereocenters. The summed E-state index contributed by atoms with van der Waals surface area (Å²) in [6, 6.07) is 10.9. The molecular weight excluding hydrogens is 556 g/mol. The third-order valence-corrected chi connectivity index (χ3v) is 7.15. The fourth-order valence-corrected chi connectivity index (χ4v) is 4.74. The topological polar surface area (TPSA) is 177 Å². The zero-order valence-electron chi connectivity index (χ0n) is 22.4. The summed E-state index contributed by atoms with van der Waals surface area (Å²) in [4.78, 5) is 42.2. The number of carbonyl (C=O) groups excluding carboxylic acids is 1. The number of rotatable bonds is 14. The third kappa shape index (κ3) is 7.92. The van der Waals surface area contributed by atoms with Crippen molar-refractivity contribution in [2.45, 2.75) is 39.0 Å². The van der Waals surface area contributed by atoms with Crippen LogP contribution >= 0.6 is 0 Å². The Balaban J connectivity index is 1.56. The first-order chi connectivity index (χ1) is 19.5. The summed E-state index contributed by atoms with van der Waals surface area (Å²) in [5.74, 6) is -1.87. The number of fused-ring (bicyclic) bond motifs is 2. The average Bonchev–Trinajstić information content (AvgIpc) is 3.34. The minimum Gasteiger partial charge on any atom is -0.478 e. The Labute approximate surface area is 235 Å². The first-order valence-corrected chi connectivity index (χ1v) is 14.7. The largest absolute Gasteiger partial charge is 0.478 e. The molecule has 4 aromatic rings. The van der Waals surface area contributed by atoms with Gasteiger partial charge in [-0.25, -0.2) is 14.6 Å². The van der Waals surface area contributed by atoms with E-state index in [9.17, 15) is 27.9 Å². The first-order valence-electron chi connectivity index (χ1n) is 13.1. The molecule has 0 saturated heterocycles. The number of carboxylic acids is 1. The molecule has 2 aromatic heterocycles. The van der Waals surface area contributed by atoms with Crippen molar-refractivity contribution in [3.05, 3.63) is 58.4 Å². The van der Waals surface area contributed by atoms with E-state index in [-0.39, 0.29) is 53.5 Å². The molecule has 0 radical (unpaired) electrons. The number of esters is 1. The van der Waals surface area contributed by atoms with Gasteiger partial charge in [-0.15, -0.1) is 0 Å². The van der Waals surface area contributed by atoms with E-state index < -0.39 is 27.5 Å². The molecule has 13 heteroatoms. The van der Waals surface area contributed by atoms with E-state index >= 15 is 0 Å². The molecule has 2 N–H and O–H groups in total. The molecule has 0 bridgehead atoms. The second-order valence-corrected chi connectivity index (χ2v) is 11.1. The molecule has 0 amide bonds. The number of carbonyl (C=O) groups is 2. The summed E-state index contributed by atoms with van der Waals surface area (Å²) < 4.78 is 48.0. The molecule has 0 spiro atoms. The number of carboxylic acid groups (broad SMARTS) is 1. The van der Waals surface area contributed by atoms with E-state index in [4.69, 9.17) is 18.1 Å². The van der Waals surface area contributed by atoms with Crippen LogP contribution in [0.5, 0.6) is 0 Å². The molecule has 41 heavy (non-hydrogen) atoms. The fourth-order valence-electron chi connectivity index (χ4n) is 4.25. The summed E-state index contributed by atoms with van der Waals surface area (Å²) in [5, 5.41) is 9.77. The van der Waals surface area contributed by atoms with Crippen LogP contribution in [0.3, 0.4) is 0 Å². The van der Waals surface area contributed by atoms with Crippen molar-refractivity contribution in [1.82, 2.24) is 4.98 Å². The summed E-state index contributed by atoms with van der Waals surface area (Å²) >= 11 is 0. The Morgan fingerprint density at radius 3 is 2.51 bits per heavy atom. The van der Waals surface area contributed by atoms with E-state index in [1.54, 1.807) is 24.3 Å². The van der Waals surface area contributed by atoms with E-state index in [0.29, 0.717) is 36.2 Å². The highest BCUT2D eigenvalue weighted by molar-refractivity contribution is 7.85. The van der Waals surface area contributed by atoms with Gasteiger partial charge in [0, 0.05) is 36.7 Å². The Kier molecular flexibility index (Phi) is 9.40. The zero-order valence-corrected chi connectivity index (χ0v) is 23.2. The lowest BCUT2D eigenvalue weighted by Gasteiger charge is -2.25. The van der Waals surface area contributed by atoms with Crippen LogP contribution in [0.2, 0.25) is 0 Å². The van der Waals surface area contributed by atoms with Gasteiger partial charge in [0.05, 0.1) is 17.9 Å². The molecule has 0 aliphatic rings. The molecule has 0 unspecified atom stereocenters. The number of benzene rings is 2. The first kappa shape index (κ1) is 29.7. The predicted molar refractivity (Wildman–Crippen MR) is 151 cm³/mol. The second kappa shape index (κ2) is 13.0. The molecule has 0 fully saturated rings. The van der Waals surface area contributed by atoms with Crippen LogP contribution in [0.4, 0.5) is 5.69 Å². The Morgan fingerprint density at radius 2 is 1.78 bits per heavy atom. The van der Waals surface area contributed by atoms with Crippen molar-refractivity contribution in [2.24, 2.45) is 0 Å². The van der Waals surface area contributed by atoms with E-state index in [0.717, 1.165) is 12.8 Å². The van der Waals surface area contributed by atoms with Crippen LogP contribution in [0, 0.1) is 0 Å². The Hall–Kier alpha value is -4.23. The molecule has 12 nitrogen and oxygen atoms in total. The molecule has 2 aromatic carbocycles. The van der Waals surface area contributed by atoms with Crippen LogP contribution in [-0.2, 0) is 19.6 Å². The number of aromatic nitrogens is 1. The third-order valence-electron chi connectivity index (χ3n) is 6.35. The number of nitrogens with zero attached hydrogens (tertiary/aromatic N) is 2. The van der Waals surface area contributed by atoms with Crippen LogP contribution in [-0.4, -0.2) is 60.4 Å². The lowest BCUT2D eigenvalue weighted by molar-refractivity contribution is -0.143. The van der Waals surface area contributed by atoms with Crippen LogP contribution in [0.15, 0.2) is 56.1 Å². The highest BCUT2D eigenvalue weighted by atomic mass is 32.2. The van der Waals surface area contributed by atoms with E-state index in [1.165, 1.54) is 18.2 Å². The van der Waals surface area contributed by atoms with Gasteiger partial charge in [0.2, 0.25) is 5.89 Å². The summed E-state index contributed by atoms with van der Waals surface area (Å²) in [7, 11) is -4.14. The summed E-state index contributed by atoms with van der Waals surface area (Å²) in [6.45, 7) is 3.02. The highest BCUT2D eigenvalue weighted by Crippen LogP contribution is 2.28. The van der Waals surface area contributed by atoms with Crippen molar-refractivity contribution in [1.29, 1.82) is 0 Å². The molecular formula is C28H30N2O10S. The molecule has 2 heterocycles. The van der Waals surface area contributed by atoms with Crippen molar-refractivity contribution in [2.75, 3.05) is 30.3 Å². The van der Waals surface area contributed by atoms with E-state index in [1.807, 2.05) is 11.8 Å². The SMILES string of the molecule is CCCCOC(=O)CCCN(CCCS(=O)(=O)O)c1ccc2cc(-c3nc4cc(C(=O)O)ccc4o3)c(=O)oc2c1. The number of hydrogen-bond acceptors (Lipinski definition) is 10. The maximum Gasteiger partial charge on any atom is 0.349 e. The normalized spacial score (nSPS) is 11.7. The number of ether oxygens (including phenoxy) is 1. The minimum absolute atomic E-state index is 0.0140. The lowest BCUT2D eigenvalue weighted by atomic mass is 10.1. The quantitative estimate of drug-likeness (QED) is 0.0916. The van der Waals surface area contributed by atoms with Gasteiger partial charge in [0.15, 0.2) is 5.58 Å². The van der Waals surface area contributed by atoms with Gasteiger partial charge in [-0.1, -0.05) is 13.3 Å². The number of oxazole rings is 1. The van der Waals surface area contributed by atoms with Gasteiger partial charge in [0.1, 0.15) is 16.7 Å². The van der Waals surface area contributed by atoms with Crippen molar-refractivity contribution >= 4 is 49.8 Å². The van der Waals surface area contributed by atoms with Gasteiger partial charge >= 0.3 is 17.6 Å². The van der Waals surface area contributed by atoms with Crippen molar-refractivity contribution in [3.63, 3.8) is 0 Å². The zero-order chi connectivity index (χ0) is 29.6. The van der Waals surface area contributed by atoms with E-state index in [2.05, 4.69) is 4.98 Å². The predicted octanol–water partition coefficient (Wildman–Crippen LogP) is 4.51. The van der Waals surface area contributed by atoms with Gasteiger partial charge in [-0.3, -0.25) is 9.35 Å². The highest BCUT2D eigenvalue weighted by Gasteiger charge is 2.18. The molecule has 0 aliphatic carbocycles. The maximum atomic E-state index is 12.9. The average molecular weight is 587 g/mol. The van der Waals surface area contributed by atoms with Crippen LogP contribution in [0.1, 0.15) is 49.4 Å². The Morgan fingerprint density at radius 1 is 1.00 bits per heavy atom. The van der Waals surface area contributed by atoms with Crippen molar-refractivity contribution in [3.8, 4) is 11.5 Å². The number of anilines is 1. The standard InChI is InChI=1S/C28H30N2O10S/c1-2-3-13-38-25(31)6-4-11-30(12-5-14-41(35,36)37)20-9-7-18-15-21(28(34)40-24(18)17-20)26-29-22-16-19(27(32)33)8-10-23(22)39-26/h7-10,15-17H,2-6,11-14H2,1H3,(H,32,33)(H,35,36,37). The molecule has 0 aliphatic heterocycles. The van der Waals surface area contributed by atoms with Gasteiger partial charge in [-0.05, 0) is 55.7 Å². The van der Waals surface area contributed by atoms with Gasteiger partial charge in [-0.2, -0.15) is 8.42 Å². The number of unbranched alkanes of at least 4 members (excludes halogenated alkanes) is 1. The van der Waals surface area contributed by atoms with Crippen LogP contribution in [0.25, 0.3) is 33.5 Å². The summed E-state index contributed by atoms with van der Waals surface area (Å²) in [6.07, 6.45) is 2.47. The van der Waals surface area contributed by atoms with Gasteiger partial charge < -0.3 is 23.6 Å². The van der Waals surface area contributed by atoms with Crippen LogP contribution < -0.4 is 10.5 Å². The molecule has 4 rings (SSSR count). The smallest absolute Gasteiger partial charge is 0.349 e. The Bertz CT molecular complexity index is 1730. The lowest BCUT2D eigenvalue weighted by Crippen LogP contribution is -2.27. The minimum atomic E-state index is -4.14. The number of aromatic carboxylic acids is 1. The number of hydrogen-bond donors (Lipinski definition) is 2. The molecule has 218 valence electrons. The molecule has 0 saturated carbocycles.